The van der Waals surface area contributed by atoms with Crippen LogP contribution in [0.4, 0.5) is 0 Å². The van der Waals surface area contributed by atoms with Crippen molar-refractivity contribution in [2.24, 2.45) is 5.73 Å². The fraction of sp³-hybridized carbons (Fsp3) is 0.600. The van der Waals surface area contributed by atoms with Crippen LogP contribution in [-0.2, 0) is 15.9 Å². The Kier molecular flexibility index (Phi) is 4.16. The van der Waals surface area contributed by atoms with E-state index in [2.05, 4.69) is 22.0 Å². The summed E-state index contributed by atoms with van der Waals surface area (Å²) >= 11 is 5.16. The van der Waals surface area contributed by atoms with E-state index in [0.717, 1.165) is 10.2 Å². The minimum Gasteiger partial charge on any atom is -0.376 e. The van der Waals surface area contributed by atoms with E-state index in [1.165, 1.54) is 4.88 Å². The minimum absolute atomic E-state index is 0.0239. The lowest BCUT2D eigenvalue weighted by Gasteiger charge is -2.27. The van der Waals surface area contributed by atoms with Gasteiger partial charge in [0.15, 0.2) is 0 Å². The maximum Gasteiger partial charge on any atom is 0.0963 e. The van der Waals surface area contributed by atoms with Crippen LogP contribution in [0.15, 0.2) is 15.9 Å². The van der Waals surface area contributed by atoms with Gasteiger partial charge in [0.25, 0.3) is 0 Å². The molecule has 0 saturated carbocycles. The molecule has 0 bridgehead atoms. The van der Waals surface area contributed by atoms with Gasteiger partial charge < -0.3 is 15.2 Å². The van der Waals surface area contributed by atoms with Gasteiger partial charge in [-0.15, -0.1) is 11.3 Å². The van der Waals surface area contributed by atoms with E-state index in [1.807, 2.05) is 6.07 Å². The number of rotatable bonds is 3. The molecule has 0 aromatic carbocycles. The third-order valence-electron chi connectivity index (χ3n) is 2.39. The first-order valence-corrected chi connectivity index (χ1v) is 6.56. The maximum atomic E-state index is 6.08. The second-order valence-corrected chi connectivity index (χ2v) is 6.11. The SMILES string of the molecule is NC(Cc1ccc(Br)s1)C1COCCO1. The van der Waals surface area contributed by atoms with Crippen molar-refractivity contribution in [3.05, 3.63) is 20.8 Å². The van der Waals surface area contributed by atoms with Gasteiger partial charge in [-0.05, 0) is 34.5 Å². The highest BCUT2D eigenvalue weighted by atomic mass is 79.9. The summed E-state index contributed by atoms with van der Waals surface area (Å²) in [5.41, 5.74) is 6.08. The molecule has 2 rings (SSSR count). The monoisotopic (exact) mass is 291 g/mol. The molecule has 0 aliphatic carbocycles. The number of thiophene rings is 1. The van der Waals surface area contributed by atoms with Crippen LogP contribution in [0, 0.1) is 0 Å². The molecule has 1 aromatic heterocycles. The van der Waals surface area contributed by atoms with E-state index in [0.29, 0.717) is 19.8 Å². The molecule has 15 heavy (non-hydrogen) atoms. The quantitative estimate of drug-likeness (QED) is 0.924. The van der Waals surface area contributed by atoms with E-state index in [-0.39, 0.29) is 12.1 Å². The number of ether oxygens (including phenoxy) is 2. The smallest absolute Gasteiger partial charge is 0.0963 e. The summed E-state index contributed by atoms with van der Waals surface area (Å²) < 4.78 is 12.0. The van der Waals surface area contributed by atoms with E-state index in [4.69, 9.17) is 15.2 Å². The van der Waals surface area contributed by atoms with E-state index < -0.39 is 0 Å². The Bertz CT molecular complexity index is 312. The summed E-state index contributed by atoms with van der Waals surface area (Å²) in [6.07, 6.45) is 0.893. The molecule has 1 aliphatic heterocycles. The molecule has 2 heterocycles. The highest BCUT2D eigenvalue weighted by Gasteiger charge is 2.22. The molecule has 3 nitrogen and oxygen atoms in total. The molecule has 1 saturated heterocycles. The first kappa shape index (κ1) is 11.5. The molecular formula is C10H14BrNO2S. The van der Waals surface area contributed by atoms with Crippen molar-refractivity contribution < 1.29 is 9.47 Å². The molecule has 2 N–H and O–H groups in total. The second-order valence-electron chi connectivity index (χ2n) is 3.56. The van der Waals surface area contributed by atoms with Gasteiger partial charge in [-0.3, -0.25) is 0 Å². The first-order valence-electron chi connectivity index (χ1n) is 4.95. The lowest BCUT2D eigenvalue weighted by atomic mass is 10.1. The van der Waals surface area contributed by atoms with Crippen LogP contribution in [0.2, 0.25) is 0 Å². The standard InChI is InChI=1S/C10H14BrNO2S/c11-10-2-1-7(15-10)5-8(12)9-6-13-3-4-14-9/h1-2,8-9H,3-6,12H2. The first-order chi connectivity index (χ1) is 7.25. The van der Waals surface area contributed by atoms with Crippen molar-refractivity contribution in [2.75, 3.05) is 19.8 Å². The normalized spacial score (nSPS) is 24.0. The predicted octanol–water partition coefficient (Wildman–Crippen LogP) is 1.80. The van der Waals surface area contributed by atoms with Gasteiger partial charge in [0, 0.05) is 10.9 Å². The molecular weight excluding hydrogens is 278 g/mol. The molecule has 1 fully saturated rings. The minimum atomic E-state index is 0.0239. The summed E-state index contributed by atoms with van der Waals surface area (Å²) in [4.78, 5) is 1.28. The van der Waals surface area contributed by atoms with Gasteiger partial charge in [0.05, 0.1) is 29.7 Å². The Morgan fingerprint density at radius 1 is 1.53 bits per heavy atom. The lowest BCUT2D eigenvalue weighted by Crippen LogP contribution is -2.44. The molecule has 0 spiro atoms. The number of hydrogen-bond acceptors (Lipinski definition) is 4. The lowest BCUT2D eigenvalue weighted by molar-refractivity contribution is -0.0966. The van der Waals surface area contributed by atoms with Gasteiger partial charge in [-0.25, -0.2) is 0 Å². The zero-order valence-electron chi connectivity index (χ0n) is 8.32. The third-order valence-corrected chi connectivity index (χ3v) is 4.03. The highest BCUT2D eigenvalue weighted by molar-refractivity contribution is 9.11. The Balaban J connectivity index is 1.88. The van der Waals surface area contributed by atoms with E-state index in [1.54, 1.807) is 11.3 Å². The summed E-state index contributed by atoms with van der Waals surface area (Å²) in [5, 5.41) is 0. The summed E-state index contributed by atoms with van der Waals surface area (Å²) in [6.45, 7) is 1.97. The average Bonchev–Trinajstić information content (AvgIpc) is 2.65. The van der Waals surface area contributed by atoms with Crippen LogP contribution in [0.3, 0.4) is 0 Å². The zero-order valence-corrected chi connectivity index (χ0v) is 10.7. The van der Waals surface area contributed by atoms with Crippen LogP contribution in [0.25, 0.3) is 0 Å². The van der Waals surface area contributed by atoms with Crippen molar-refractivity contribution in [1.29, 1.82) is 0 Å². The second kappa shape index (κ2) is 5.41. The van der Waals surface area contributed by atoms with Crippen molar-refractivity contribution in [2.45, 2.75) is 18.6 Å². The van der Waals surface area contributed by atoms with Gasteiger partial charge in [-0.1, -0.05) is 0 Å². The highest BCUT2D eigenvalue weighted by Crippen LogP contribution is 2.23. The molecule has 0 amide bonds. The van der Waals surface area contributed by atoms with Crippen molar-refractivity contribution >= 4 is 27.3 Å². The van der Waals surface area contributed by atoms with Crippen LogP contribution in [0.1, 0.15) is 4.88 Å². The predicted molar refractivity (Wildman–Crippen MR) is 64.3 cm³/mol. The van der Waals surface area contributed by atoms with Crippen molar-refractivity contribution in [3.8, 4) is 0 Å². The number of nitrogens with two attached hydrogens (primary N) is 1. The molecule has 0 radical (unpaired) electrons. The van der Waals surface area contributed by atoms with Gasteiger partial charge in [0.1, 0.15) is 0 Å². The largest absolute Gasteiger partial charge is 0.376 e. The van der Waals surface area contributed by atoms with Crippen molar-refractivity contribution in [1.82, 2.24) is 0 Å². The molecule has 84 valence electrons. The number of hydrogen-bond donors (Lipinski definition) is 1. The third kappa shape index (κ3) is 3.26. The summed E-state index contributed by atoms with van der Waals surface area (Å²) in [6, 6.07) is 4.17. The summed E-state index contributed by atoms with van der Waals surface area (Å²) in [5.74, 6) is 0. The molecule has 5 heteroatoms. The topological polar surface area (TPSA) is 44.5 Å². The summed E-state index contributed by atoms with van der Waals surface area (Å²) in [7, 11) is 0. The average molecular weight is 292 g/mol. The zero-order chi connectivity index (χ0) is 10.7. The van der Waals surface area contributed by atoms with Gasteiger partial charge >= 0.3 is 0 Å². The molecule has 2 atom stereocenters. The van der Waals surface area contributed by atoms with E-state index in [9.17, 15) is 0 Å². The van der Waals surface area contributed by atoms with Crippen LogP contribution >= 0.6 is 27.3 Å². The van der Waals surface area contributed by atoms with Gasteiger partial charge in [0.2, 0.25) is 0 Å². The Morgan fingerprint density at radius 3 is 3.00 bits per heavy atom. The Morgan fingerprint density at radius 2 is 2.40 bits per heavy atom. The van der Waals surface area contributed by atoms with Crippen LogP contribution in [-0.4, -0.2) is 32.0 Å². The van der Waals surface area contributed by atoms with Crippen LogP contribution in [0.5, 0.6) is 0 Å². The molecule has 2 unspecified atom stereocenters. The van der Waals surface area contributed by atoms with Crippen LogP contribution < -0.4 is 5.73 Å². The fourth-order valence-corrected chi connectivity index (χ4v) is 3.13. The van der Waals surface area contributed by atoms with Gasteiger partial charge in [-0.2, -0.15) is 0 Å². The Labute approximate surface area is 102 Å². The number of halogens is 1. The fourth-order valence-electron chi connectivity index (χ4n) is 1.58. The molecule has 1 aromatic rings. The maximum absolute atomic E-state index is 6.08. The van der Waals surface area contributed by atoms with E-state index >= 15 is 0 Å². The molecule has 1 aliphatic rings. The Hall–Kier alpha value is 0.0600. The van der Waals surface area contributed by atoms with Crippen molar-refractivity contribution in [3.63, 3.8) is 0 Å².